The minimum Gasteiger partial charge on any atom is 0 e. The fourth-order valence-electron chi connectivity index (χ4n) is 0. The molecule has 1 nitrogen and oxygen atoms in total. The molecule has 0 saturated heterocycles. The summed E-state index contributed by atoms with van der Waals surface area (Å²) in [5.74, 6) is 0. The van der Waals surface area contributed by atoms with Crippen LogP contribution >= 0.6 is 0 Å². The average Bonchev–Trinajstić information content (AvgIpc) is 1.00. The maximum Gasteiger partial charge on any atom is 0 e. The van der Waals surface area contributed by atoms with E-state index in [1.54, 1.807) is 0 Å². The predicted octanol–water partition coefficient (Wildman–Crippen LogP) is -0.502. The van der Waals surface area contributed by atoms with Gasteiger partial charge in [0.2, 0.25) is 0 Å². The number of hydrogen-bond donors (Lipinski definition) is 0. The summed E-state index contributed by atoms with van der Waals surface area (Å²) in [6.45, 7) is 0. The summed E-state index contributed by atoms with van der Waals surface area (Å²) in [4.78, 5) is 0. The molecule has 0 amide bonds. The minimum atomic E-state index is 0. The van der Waals surface area contributed by atoms with E-state index in [-0.39, 0.29) is 82.0 Å². The van der Waals surface area contributed by atoms with Gasteiger partial charge in [-0.15, -0.1) is 0 Å². The second kappa shape index (κ2) is 17.6. The normalized spacial score (nSPS) is 1.00. The van der Waals surface area contributed by atoms with Gasteiger partial charge in [-0.2, -0.15) is 0 Å². The van der Waals surface area contributed by atoms with Crippen molar-refractivity contribution in [2.75, 3.05) is 0 Å². The van der Waals surface area contributed by atoms with Crippen molar-refractivity contribution in [3.63, 3.8) is 0 Å². The standard InChI is InChI=1S/Bi.La.O.Ti. The topological polar surface area (TPSA) is 17.1 Å². The van der Waals surface area contributed by atoms with E-state index in [0.717, 1.165) is 0 Å². The van der Waals surface area contributed by atoms with Crippen LogP contribution in [0.3, 0.4) is 0 Å². The molecule has 0 aromatic rings. The Balaban J connectivity index is -0.00000000500. The van der Waals surface area contributed by atoms with Gasteiger partial charge in [-0.1, -0.05) is 0 Å². The van der Waals surface area contributed by atoms with Gasteiger partial charge in [0, 0.05) is 57.3 Å². The van der Waals surface area contributed by atoms with Gasteiger partial charge in [0.15, 0.2) is 0 Å². The molecule has 0 N–H and O–H groups in total. The molecule has 0 aromatic carbocycles. The number of hydrogen-bond acceptors (Lipinski definition) is 1. The Kier molecular flexibility index (Phi) is 70.1. The molecule has 0 unspecified atom stereocenters. The van der Waals surface area contributed by atoms with Gasteiger partial charge in [-0.05, 0) is 0 Å². The van der Waals surface area contributed by atoms with Crippen LogP contribution in [0.15, 0.2) is 0 Å². The SMILES string of the molecule is [La].[O]=[Bi].[Ti]. The molecular formula is BiLaOTi. The molecule has 0 aliphatic carbocycles. The Morgan fingerprint density at radius 2 is 1.25 bits per heavy atom. The van der Waals surface area contributed by atoms with Crippen LogP contribution in [0.5, 0.6) is 0 Å². The summed E-state index contributed by atoms with van der Waals surface area (Å²) in [5, 5.41) is 0. The summed E-state index contributed by atoms with van der Waals surface area (Å²) >= 11 is 0.194. The Morgan fingerprint density at radius 3 is 1.25 bits per heavy atom. The molecule has 0 rings (SSSR count). The third-order valence-corrected chi connectivity index (χ3v) is 0. The van der Waals surface area contributed by atoms with E-state index in [0.29, 0.717) is 0 Å². The first-order valence-corrected chi connectivity index (χ1v) is 1.60. The maximum absolute atomic E-state index is 8.36. The second-order valence-corrected chi connectivity index (χ2v) is 0. The molecule has 0 saturated carbocycles. The first-order chi connectivity index (χ1) is 1.00. The van der Waals surface area contributed by atoms with Crippen LogP contribution in [0, 0.1) is 35.6 Å². The van der Waals surface area contributed by atoms with Crippen LogP contribution in [0.4, 0.5) is 0 Å². The summed E-state index contributed by atoms with van der Waals surface area (Å²) < 4.78 is 8.36. The largest absolute Gasteiger partial charge is 0 e. The monoisotopic (exact) mass is 412 g/mol. The second-order valence-electron chi connectivity index (χ2n) is 0. The molecule has 0 heterocycles. The van der Waals surface area contributed by atoms with Crippen molar-refractivity contribution < 1.29 is 60.1 Å². The van der Waals surface area contributed by atoms with Gasteiger partial charge in [0.25, 0.3) is 0 Å². The molecule has 18 valence electrons. The van der Waals surface area contributed by atoms with E-state index < -0.39 is 0 Å². The van der Waals surface area contributed by atoms with Crippen molar-refractivity contribution in [2.24, 2.45) is 0 Å². The van der Waals surface area contributed by atoms with Gasteiger partial charge >= 0.3 is 27.5 Å². The quantitative estimate of drug-likeness (QED) is 0.491. The van der Waals surface area contributed by atoms with Crippen molar-refractivity contribution in [3.05, 3.63) is 0 Å². The Hall–Kier alpha value is 2.59. The van der Waals surface area contributed by atoms with Gasteiger partial charge in [0.05, 0.1) is 0 Å². The smallest absolute Gasteiger partial charge is 0 e. The van der Waals surface area contributed by atoms with Crippen molar-refractivity contribution in [1.29, 1.82) is 0 Å². The van der Waals surface area contributed by atoms with E-state index in [1.165, 1.54) is 0 Å². The molecule has 4 heavy (non-hydrogen) atoms. The van der Waals surface area contributed by atoms with Crippen molar-refractivity contribution in [2.45, 2.75) is 0 Å². The predicted molar refractivity (Wildman–Crippen MR) is 6.44 cm³/mol. The zero-order chi connectivity index (χ0) is 2.00. The van der Waals surface area contributed by atoms with E-state index >= 15 is 0 Å². The molecule has 0 bridgehead atoms. The molecule has 2 radical (unpaired) electrons. The first-order valence-electron chi connectivity index (χ1n) is 0.183. The molecule has 0 spiro atoms. The third-order valence-electron chi connectivity index (χ3n) is 0. The van der Waals surface area contributed by atoms with E-state index in [1.807, 2.05) is 0 Å². The molecule has 0 fully saturated rings. The van der Waals surface area contributed by atoms with Crippen LogP contribution in [0.2, 0.25) is 0 Å². The Morgan fingerprint density at radius 1 is 1.25 bits per heavy atom. The van der Waals surface area contributed by atoms with Crippen LogP contribution in [0.1, 0.15) is 0 Å². The van der Waals surface area contributed by atoms with Gasteiger partial charge in [0.1, 0.15) is 0 Å². The van der Waals surface area contributed by atoms with E-state index in [9.17, 15) is 0 Å². The molecule has 0 aliphatic heterocycles. The minimum absolute atomic E-state index is 0. The van der Waals surface area contributed by atoms with Gasteiger partial charge < -0.3 is 0 Å². The fraction of sp³-hybridized carbons (Fsp3) is 0. The van der Waals surface area contributed by atoms with Crippen LogP contribution in [0.25, 0.3) is 0 Å². The summed E-state index contributed by atoms with van der Waals surface area (Å²) in [7, 11) is 0. The zero-order valence-electron chi connectivity index (χ0n) is 1.93. The van der Waals surface area contributed by atoms with Gasteiger partial charge in [-0.25, -0.2) is 0 Å². The molecule has 0 aliphatic rings. The Bertz CT molecular complexity index is 8.00. The zero-order valence-corrected chi connectivity index (χ0v) is 10.6. The molecular weight excluding hydrogens is 412 g/mol. The van der Waals surface area contributed by atoms with Gasteiger partial charge in [-0.3, -0.25) is 0 Å². The van der Waals surface area contributed by atoms with Crippen LogP contribution < -0.4 is 0 Å². The van der Waals surface area contributed by atoms with Crippen LogP contribution in [-0.2, 0) is 24.5 Å². The fourth-order valence-corrected chi connectivity index (χ4v) is 0. The van der Waals surface area contributed by atoms with Crippen LogP contribution in [-0.4, -0.2) is 24.7 Å². The summed E-state index contributed by atoms with van der Waals surface area (Å²) in [5.41, 5.74) is 0. The number of rotatable bonds is 0. The average molecular weight is 412 g/mol. The van der Waals surface area contributed by atoms with Crippen molar-refractivity contribution in [1.82, 2.24) is 0 Å². The summed E-state index contributed by atoms with van der Waals surface area (Å²) in [6, 6.07) is 0. The third kappa shape index (κ3) is 8.82. The van der Waals surface area contributed by atoms with Crippen molar-refractivity contribution in [3.8, 4) is 0 Å². The maximum atomic E-state index is 8.36. The first kappa shape index (κ1) is 16.0. The van der Waals surface area contributed by atoms with E-state index in [4.69, 9.17) is 2.81 Å². The Labute approximate surface area is 83.1 Å². The molecule has 4 heteroatoms. The summed E-state index contributed by atoms with van der Waals surface area (Å²) in [6.07, 6.45) is 0. The van der Waals surface area contributed by atoms with E-state index in [2.05, 4.69) is 0 Å². The molecule has 0 aromatic heterocycles. The molecule has 0 atom stereocenters. The van der Waals surface area contributed by atoms with Crippen molar-refractivity contribution >= 4 is 24.7 Å².